The number of piperidine rings is 1. The molecule has 1 aliphatic heterocycles. The highest BCUT2D eigenvalue weighted by atomic mass is 16.2. The summed E-state index contributed by atoms with van der Waals surface area (Å²) in [6.45, 7) is 1.52. The van der Waals surface area contributed by atoms with Crippen LogP contribution in [0.25, 0.3) is 5.52 Å². The van der Waals surface area contributed by atoms with Gasteiger partial charge < -0.3 is 9.80 Å². The molecule has 1 aromatic carbocycles. The van der Waals surface area contributed by atoms with Crippen LogP contribution in [0, 0.1) is 0 Å². The Morgan fingerprint density at radius 1 is 1.12 bits per heavy atom. The average molecular weight is 349 g/mol. The number of hydrogen-bond donors (Lipinski definition) is 0. The Morgan fingerprint density at radius 3 is 2.54 bits per heavy atom. The normalized spacial score (nSPS) is 15.4. The van der Waals surface area contributed by atoms with Gasteiger partial charge in [-0.1, -0.05) is 18.2 Å². The Labute approximate surface area is 153 Å². The molecule has 1 amide bonds. The largest absolute Gasteiger partial charge is 0.361 e. The van der Waals surface area contributed by atoms with E-state index in [1.165, 1.54) is 0 Å². The predicted octanol–water partition coefficient (Wildman–Crippen LogP) is 2.82. The molecule has 6 nitrogen and oxygen atoms in total. The average Bonchev–Trinajstić information content (AvgIpc) is 3.16. The number of amides is 1. The molecule has 0 spiro atoms. The van der Waals surface area contributed by atoms with E-state index in [-0.39, 0.29) is 5.91 Å². The molecular formula is C20H23N5O. The summed E-state index contributed by atoms with van der Waals surface area (Å²) in [5, 5.41) is 4.39. The summed E-state index contributed by atoms with van der Waals surface area (Å²) in [5.41, 5.74) is 2.82. The number of nitrogens with zero attached hydrogens (tertiary/aromatic N) is 5. The molecule has 0 N–H and O–H groups in total. The number of hydrogen-bond acceptors (Lipinski definition) is 4. The predicted molar refractivity (Wildman–Crippen MR) is 102 cm³/mol. The zero-order valence-electron chi connectivity index (χ0n) is 15.2. The maximum Gasteiger partial charge on any atom is 0.253 e. The smallest absolute Gasteiger partial charge is 0.253 e. The summed E-state index contributed by atoms with van der Waals surface area (Å²) in [4.78, 5) is 21.5. The van der Waals surface area contributed by atoms with E-state index < -0.39 is 0 Å². The second kappa shape index (κ2) is 6.78. The highest BCUT2D eigenvalue weighted by Gasteiger charge is 2.26. The van der Waals surface area contributed by atoms with Crippen LogP contribution >= 0.6 is 0 Å². The van der Waals surface area contributed by atoms with E-state index in [0.717, 1.165) is 48.5 Å². The maximum atomic E-state index is 12.6. The van der Waals surface area contributed by atoms with Crippen LogP contribution in [0.3, 0.4) is 0 Å². The molecule has 0 aliphatic carbocycles. The van der Waals surface area contributed by atoms with Crippen molar-refractivity contribution in [2.24, 2.45) is 0 Å². The fourth-order valence-corrected chi connectivity index (χ4v) is 3.60. The van der Waals surface area contributed by atoms with Crippen molar-refractivity contribution in [1.29, 1.82) is 0 Å². The van der Waals surface area contributed by atoms with Gasteiger partial charge in [0.15, 0.2) is 5.82 Å². The minimum Gasteiger partial charge on any atom is -0.361 e. The molecule has 3 aromatic rings. The van der Waals surface area contributed by atoms with Gasteiger partial charge in [-0.15, -0.1) is 0 Å². The number of fused-ring (bicyclic) bond motifs is 1. The lowest BCUT2D eigenvalue weighted by Crippen LogP contribution is -2.38. The van der Waals surface area contributed by atoms with E-state index in [1.54, 1.807) is 6.20 Å². The highest BCUT2D eigenvalue weighted by Crippen LogP contribution is 2.29. The number of likely N-dealkylation sites (tertiary alicyclic amines) is 1. The molecule has 0 bridgehead atoms. The highest BCUT2D eigenvalue weighted by molar-refractivity contribution is 5.94. The van der Waals surface area contributed by atoms with Crippen molar-refractivity contribution in [2.75, 3.05) is 32.1 Å². The zero-order valence-corrected chi connectivity index (χ0v) is 15.2. The first kappa shape index (κ1) is 16.6. The lowest BCUT2D eigenvalue weighted by Gasteiger charge is -2.32. The third-order valence-corrected chi connectivity index (χ3v) is 5.03. The van der Waals surface area contributed by atoms with Crippen molar-refractivity contribution < 1.29 is 4.79 Å². The molecule has 26 heavy (non-hydrogen) atoms. The summed E-state index contributed by atoms with van der Waals surface area (Å²) in [7, 11) is 4.00. The second-order valence-electron chi connectivity index (χ2n) is 6.98. The molecule has 1 fully saturated rings. The molecule has 0 unspecified atom stereocenters. The Kier molecular flexibility index (Phi) is 4.32. The lowest BCUT2D eigenvalue weighted by atomic mass is 9.93. The lowest BCUT2D eigenvalue weighted by molar-refractivity contribution is 0.0712. The number of benzene rings is 1. The molecule has 4 rings (SSSR count). The van der Waals surface area contributed by atoms with Gasteiger partial charge in [-0.3, -0.25) is 4.79 Å². The topological polar surface area (TPSA) is 53.7 Å². The van der Waals surface area contributed by atoms with Gasteiger partial charge in [-0.25, -0.2) is 9.50 Å². The Morgan fingerprint density at radius 2 is 1.85 bits per heavy atom. The molecule has 0 radical (unpaired) electrons. The zero-order chi connectivity index (χ0) is 18.1. The number of carbonyl (C=O) groups excluding carboxylic acids is 1. The van der Waals surface area contributed by atoms with Crippen LogP contribution in [0.2, 0.25) is 0 Å². The third-order valence-electron chi connectivity index (χ3n) is 5.03. The Hall–Kier alpha value is -2.89. The van der Waals surface area contributed by atoms with Crippen LogP contribution in [0.4, 0.5) is 5.82 Å². The Balaban J connectivity index is 1.51. The molecule has 1 aliphatic rings. The first-order valence-electron chi connectivity index (χ1n) is 8.99. The fraction of sp³-hybridized carbons (Fsp3) is 0.350. The van der Waals surface area contributed by atoms with Gasteiger partial charge in [0.25, 0.3) is 5.91 Å². The molecule has 6 heteroatoms. The molecule has 0 atom stereocenters. The van der Waals surface area contributed by atoms with Crippen LogP contribution in [0.1, 0.15) is 34.8 Å². The number of aromatic nitrogens is 3. The van der Waals surface area contributed by atoms with Crippen molar-refractivity contribution in [1.82, 2.24) is 19.5 Å². The van der Waals surface area contributed by atoms with Crippen LogP contribution in [0.15, 0.2) is 48.8 Å². The minimum atomic E-state index is 0.119. The number of carbonyl (C=O) groups is 1. The second-order valence-corrected chi connectivity index (χ2v) is 6.98. The summed E-state index contributed by atoms with van der Waals surface area (Å²) in [5.74, 6) is 1.40. The monoisotopic (exact) mass is 349 g/mol. The molecule has 0 saturated carbocycles. The first-order valence-corrected chi connectivity index (χ1v) is 8.99. The maximum absolute atomic E-state index is 12.6. The van der Waals surface area contributed by atoms with Gasteiger partial charge in [0.2, 0.25) is 0 Å². The van der Waals surface area contributed by atoms with E-state index in [4.69, 9.17) is 4.98 Å². The summed E-state index contributed by atoms with van der Waals surface area (Å²) >= 11 is 0. The van der Waals surface area contributed by atoms with E-state index >= 15 is 0 Å². The standard InChI is InChI=1S/C20H23N5O/c1-23(2)19-18-8-11-21-25(18)14-17(22-19)15-9-12-24(13-10-15)20(26)16-6-4-3-5-7-16/h3-8,11,14-15H,9-10,12-13H2,1-2H3. The van der Waals surface area contributed by atoms with E-state index in [2.05, 4.69) is 5.10 Å². The van der Waals surface area contributed by atoms with Crippen molar-refractivity contribution in [3.8, 4) is 0 Å². The van der Waals surface area contributed by atoms with Gasteiger partial charge in [0.1, 0.15) is 5.52 Å². The fourth-order valence-electron chi connectivity index (χ4n) is 3.60. The third kappa shape index (κ3) is 3.03. The van der Waals surface area contributed by atoms with Gasteiger partial charge in [-0.05, 0) is 31.0 Å². The van der Waals surface area contributed by atoms with Crippen LogP contribution in [-0.2, 0) is 0 Å². The van der Waals surface area contributed by atoms with Crippen molar-refractivity contribution in [2.45, 2.75) is 18.8 Å². The summed E-state index contributed by atoms with van der Waals surface area (Å²) in [6, 6.07) is 11.5. The van der Waals surface area contributed by atoms with Gasteiger partial charge in [0.05, 0.1) is 18.1 Å². The summed E-state index contributed by atoms with van der Waals surface area (Å²) in [6.07, 6.45) is 5.67. The minimum absolute atomic E-state index is 0.119. The van der Waals surface area contributed by atoms with Crippen LogP contribution in [0.5, 0.6) is 0 Å². The number of rotatable bonds is 3. The van der Waals surface area contributed by atoms with Crippen molar-refractivity contribution in [3.63, 3.8) is 0 Å². The molecule has 1 saturated heterocycles. The van der Waals surface area contributed by atoms with Crippen LogP contribution in [-0.4, -0.2) is 52.6 Å². The molecular weight excluding hydrogens is 326 g/mol. The molecule has 2 aromatic heterocycles. The van der Waals surface area contributed by atoms with Gasteiger partial charge in [0, 0.05) is 38.7 Å². The van der Waals surface area contributed by atoms with Crippen molar-refractivity contribution >= 4 is 17.2 Å². The quantitative estimate of drug-likeness (QED) is 0.730. The Bertz CT molecular complexity index is 910. The first-order chi connectivity index (χ1) is 12.6. The van der Waals surface area contributed by atoms with Gasteiger partial charge in [-0.2, -0.15) is 5.10 Å². The number of anilines is 1. The molecule has 134 valence electrons. The summed E-state index contributed by atoms with van der Waals surface area (Å²) < 4.78 is 1.90. The van der Waals surface area contributed by atoms with Crippen molar-refractivity contribution in [3.05, 3.63) is 60.0 Å². The van der Waals surface area contributed by atoms with Crippen LogP contribution < -0.4 is 4.90 Å². The van der Waals surface area contributed by atoms with E-state index in [0.29, 0.717) is 5.92 Å². The van der Waals surface area contributed by atoms with E-state index in [1.807, 2.05) is 71.0 Å². The SMILES string of the molecule is CN(C)c1nc(C2CCN(C(=O)c3ccccc3)CC2)cn2nccc12. The van der Waals surface area contributed by atoms with Gasteiger partial charge >= 0.3 is 0 Å². The van der Waals surface area contributed by atoms with E-state index in [9.17, 15) is 4.79 Å². The molecule has 3 heterocycles.